The smallest absolute Gasteiger partial charge is 0.251 e. The summed E-state index contributed by atoms with van der Waals surface area (Å²) in [7, 11) is 0. The summed E-state index contributed by atoms with van der Waals surface area (Å²) in [5.74, 6) is 2.43. The lowest BCUT2D eigenvalue weighted by Gasteiger charge is -2.12. The molecule has 0 bridgehead atoms. The third-order valence-electron chi connectivity index (χ3n) is 5.48. The summed E-state index contributed by atoms with van der Waals surface area (Å²) in [6.07, 6.45) is 0. The number of aromatic nitrogens is 3. The normalized spacial score (nSPS) is 12.1. The van der Waals surface area contributed by atoms with Crippen LogP contribution in [-0.4, -0.2) is 27.5 Å². The highest BCUT2D eigenvalue weighted by Crippen LogP contribution is 2.32. The SMILES string of the molecule is Cc1ccc(-n2c(CNC(=O)c3ccc4c(c3)OCO4)nnc2SCc2cccc(C)c2)cc1. The van der Waals surface area contributed by atoms with Gasteiger partial charge in [0.05, 0.1) is 6.54 Å². The number of aryl methyl sites for hydroxylation is 2. The highest BCUT2D eigenvalue weighted by atomic mass is 32.2. The van der Waals surface area contributed by atoms with Gasteiger partial charge >= 0.3 is 0 Å². The number of carbonyl (C=O) groups excluding carboxylic acids is 1. The van der Waals surface area contributed by atoms with E-state index in [0.717, 1.165) is 16.6 Å². The van der Waals surface area contributed by atoms with Crippen LogP contribution >= 0.6 is 11.8 Å². The van der Waals surface area contributed by atoms with E-state index in [2.05, 4.69) is 65.8 Å². The number of hydrogen-bond donors (Lipinski definition) is 1. The van der Waals surface area contributed by atoms with E-state index < -0.39 is 0 Å². The molecule has 0 saturated carbocycles. The van der Waals surface area contributed by atoms with Gasteiger partial charge in [-0.3, -0.25) is 9.36 Å². The molecular formula is C26H24N4O3S. The van der Waals surface area contributed by atoms with Crippen LogP contribution in [0, 0.1) is 13.8 Å². The molecule has 0 saturated heterocycles. The molecule has 0 radical (unpaired) electrons. The summed E-state index contributed by atoms with van der Waals surface area (Å²) in [5, 5.41) is 12.6. The predicted octanol–water partition coefficient (Wildman–Crippen LogP) is 4.84. The molecule has 0 fully saturated rings. The van der Waals surface area contributed by atoms with E-state index in [-0.39, 0.29) is 19.2 Å². The zero-order chi connectivity index (χ0) is 23.5. The fourth-order valence-corrected chi connectivity index (χ4v) is 4.62. The van der Waals surface area contributed by atoms with Crippen molar-refractivity contribution in [2.45, 2.75) is 31.3 Å². The Morgan fingerprint density at radius 1 is 0.971 bits per heavy atom. The van der Waals surface area contributed by atoms with Gasteiger partial charge in [0.2, 0.25) is 6.79 Å². The van der Waals surface area contributed by atoms with Crippen LogP contribution in [0.5, 0.6) is 11.5 Å². The average molecular weight is 473 g/mol. The zero-order valence-electron chi connectivity index (χ0n) is 18.9. The van der Waals surface area contributed by atoms with Crippen LogP contribution in [0.15, 0.2) is 71.9 Å². The molecule has 1 aliphatic heterocycles. The van der Waals surface area contributed by atoms with Crippen molar-refractivity contribution in [1.29, 1.82) is 0 Å². The summed E-state index contributed by atoms with van der Waals surface area (Å²) in [6.45, 7) is 4.54. The van der Waals surface area contributed by atoms with E-state index in [1.807, 2.05) is 16.7 Å². The minimum absolute atomic E-state index is 0.170. The zero-order valence-corrected chi connectivity index (χ0v) is 19.8. The molecule has 4 aromatic rings. The standard InChI is InChI=1S/C26H24N4O3S/c1-17-6-9-21(10-7-17)30-24(28-29-26(30)34-15-19-5-3-4-18(2)12-19)14-27-25(31)20-8-11-22-23(13-20)33-16-32-22/h3-13H,14-16H2,1-2H3,(H,27,31). The molecule has 1 N–H and O–H groups in total. The number of carbonyl (C=O) groups is 1. The van der Waals surface area contributed by atoms with Gasteiger partial charge in [-0.1, -0.05) is 59.3 Å². The molecule has 8 heteroatoms. The van der Waals surface area contributed by atoms with Gasteiger partial charge in [0.15, 0.2) is 22.5 Å². The Kier molecular flexibility index (Phi) is 6.22. The first-order chi connectivity index (χ1) is 16.6. The summed E-state index contributed by atoms with van der Waals surface area (Å²) in [4.78, 5) is 12.8. The minimum Gasteiger partial charge on any atom is -0.454 e. The van der Waals surface area contributed by atoms with Gasteiger partial charge in [-0.2, -0.15) is 0 Å². The van der Waals surface area contributed by atoms with E-state index >= 15 is 0 Å². The lowest BCUT2D eigenvalue weighted by Crippen LogP contribution is -2.24. The van der Waals surface area contributed by atoms with Crippen LogP contribution in [0.4, 0.5) is 0 Å². The summed E-state index contributed by atoms with van der Waals surface area (Å²) in [5.41, 5.74) is 5.07. The number of benzene rings is 3. The second kappa shape index (κ2) is 9.61. The number of nitrogens with zero attached hydrogens (tertiary/aromatic N) is 3. The van der Waals surface area contributed by atoms with Crippen molar-refractivity contribution in [3.05, 3.63) is 94.8 Å². The molecule has 172 valence electrons. The van der Waals surface area contributed by atoms with E-state index in [0.29, 0.717) is 22.9 Å². The number of hydrogen-bond acceptors (Lipinski definition) is 6. The topological polar surface area (TPSA) is 78.3 Å². The van der Waals surface area contributed by atoms with Gasteiger partial charge in [-0.05, 0) is 49.7 Å². The van der Waals surface area contributed by atoms with E-state index in [4.69, 9.17) is 9.47 Å². The fraction of sp³-hybridized carbons (Fsp3) is 0.192. The van der Waals surface area contributed by atoms with Gasteiger partial charge in [0.25, 0.3) is 5.91 Å². The van der Waals surface area contributed by atoms with E-state index in [1.165, 1.54) is 16.7 Å². The highest BCUT2D eigenvalue weighted by Gasteiger charge is 2.18. The Morgan fingerprint density at radius 3 is 2.62 bits per heavy atom. The van der Waals surface area contributed by atoms with Crippen molar-refractivity contribution in [3.8, 4) is 17.2 Å². The van der Waals surface area contributed by atoms with Crippen molar-refractivity contribution >= 4 is 17.7 Å². The second-order valence-electron chi connectivity index (χ2n) is 8.10. The molecule has 0 spiro atoms. The number of amides is 1. The average Bonchev–Trinajstić information content (AvgIpc) is 3.48. The van der Waals surface area contributed by atoms with Crippen molar-refractivity contribution in [2.24, 2.45) is 0 Å². The van der Waals surface area contributed by atoms with E-state index in [9.17, 15) is 4.79 Å². The van der Waals surface area contributed by atoms with Gasteiger partial charge in [0.1, 0.15) is 0 Å². The van der Waals surface area contributed by atoms with Crippen molar-refractivity contribution in [1.82, 2.24) is 20.1 Å². The highest BCUT2D eigenvalue weighted by molar-refractivity contribution is 7.98. The molecule has 1 aliphatic rings. The first-order valence-corrected chi connectivity index (χ1v) is 11.9. The van der Waals surface area contributed by atoms with Crippen LogP contribution in [0.3, 0.4) is 0 Å². The monoisotopic (exact) mass is 472 g/mol. The van der Waals surface area contributed by atoms with Gasteiger partial charge < -0.3 is 14.8 Å². The van der Waals surface area contributed by atoms with Crippen molar-refractivity contribution in [3.63, 3.8) is 0 Å². The lowest BCUT2D eigenvalue weighted by atomic mass is 10.2. The Balaban J connectivity index is 1.36. The largest absolute Gasteiger partial charge is 0.454 e. The maximum Gasteiger partial charge on any atom is 0.251 e. The maximum absolute atomic E-state index is 12.8. The molecule has 0 atom stereocenters. The molecule has 1 amide bonds. The first-order valence-electron chi connectivity index (χ1n) is 10.9. The van der Waals surface area contributed by atoms with Crippen molar-refractivity contribution < 1.29 is 14.3 Å². The van der Waals surface area contributed by atoms with Crippen LogP contribution in [-0.2, 0) is 12.3 Å². The van der Waals surface area contributed by atoms with Crippen LogP contribution in [0.25, 0.3) is 5.69 Å². The molecule has 0 aliphatic carbocycles. The predicted molar refractivity (Wildman–Crippen MR) is 131 cm³/mol. The number of rotatable bonds is 7. The summed E-state index contributed by atoms with van der Waals surface area (Å²) in [6, 6.07) is 21.8. The molecule has 3 aromatic carbocycles. The van der Waals surface area contributed by atoms with Gasteiger partial charge in [-0.15, -0.1) is 10.2 Å². The maximum atomic E-state index is 12.8. The quantitative estimate of drug-likeness (QED) is 0.388. The van der Waals surface area contributed by atoms with E-state index in [1.54, 1.807) is 30.0 Å². The Morgan fingerprint density at radius 2 is 1.79 bits per heavy atom. The van der Waals surface area contributed by atoms with Crippen LogP contribution in [0.2, 0.25) is 0 Å². The third kappa shape index (κ3) is 4.77. The summed E-state index contributed by atoms with van der Waals surface area (Å²) >= 11 is 1.62. The van der Waals surface area contributed by atoms with Gasteiger partial charge in [0, 0.05) is 17.0 Å². The van der Waals surface area contributed by atoms with Gasteiger partial charge in [-0.25, -0.2) is 0 Å². The van der Waals surface area contributed by atoms with Crippen LogP contribution in [0.1, 0.15) is 32.9 Å². The Hall–Kier alpha value is -3.78. The Labute approximate surface area is 202 Å². The number of fused-ring (bicyclic) bond motifs is 1. The molecule has 0 unspecified atom stereocenters. The number of nitrogens with one attached hydrogen (secondary N) is 1. The molecule has 5 rings (SSSR count). The summed E-state index contributed by atoms with van der Waals surface area (Å²) < 4.78 is 12.7. The molecule has 34 heavy (non-hydrogen) atoms. The molecular weight excluding hydrogens is 448 g/mol. The third-order valence-corrected chi connectivity index (χ3v) is 6.48. The Bertz CT molecular complexity index is 1330. The fourth-order valence-electron chi connectivity index (χ4n) is 3.71. The lowest BCUT2D eigenvalue weighted by molar-refractivity contribution is 0.0949. The molecule has 1 aromatic heterocycles. The number of ether oxygens (including phenoxy) is 2. The van der Waals surface area contributed by atoms with Crippen LogP contribution < -0.4 is 14.8 Å². The molecule has 7 nitrogen and oxygen atoms in total. The first kappa shape index (κ1) is 22.0. The second-order valence-corrected chi connectivity index (χ2v) is 9.04. The minimum atomic E-state index is -0.217. The number of thioether (sulfide) groups is 1. The van der Waals surface area contributed by atoms with Crippen molar-refractivity contribution in [2.75, 3.05) is 6.79 Å². The molecule has 2 heterocycles.